The van der Waals surface area contributed by atoms with Gasteiger partial charge in [0.15, 0.2) is 0 Å². The summed E-state index contributed by atoms with van der Waals surface area (Å²) in [5, 5.41) is 1.73. The molecule has 0 saturated heterocycles. The standard InChI is InChI=1S/C12H14N2O2S2/c1-8-6-9(2)11(7-10(8)13)14-18(15,16)12-4-3-5-17-12/h3-7,14H,13H2,1-2H3. The molecular formula is C12H14N2O2S2. The number of hydrogen-bond donors (Lipinski definition) is 2. The highest BCUT2D eigenvalue weighted by atomic mass is 32.2. The molecule has 0 aliphatic carbocycles. The van der Waals surface area contributed by atoms with Gasteiger partial charge in [0.25, 0.3) is 10.0 Å². The zero-order valence-corrected chi connectivity index (χ0v) is 11.7. The van der Waals surface area contributed by atoms with Crippen LogP contribution in [0, 0.1) is 13.8 Å². The van der Waals surface area contributed by atoms with Crippen molar-refractivity contribution in [3.05, 3.63) is 40.8 Å². The van der Waals surface area contributed by atoms with E-state index >= 15 is 0 Å². The average molecular weight is 282 g/mol. The summed E-state index contributed by atoms with van der Waals surface area (Å²) in [6.45, 7) is 3.73. The Hall–Kier alpha value is -1.53. The van der Waals surface area contributed by atoms with Crippen LogP contribution in [0.1, 0.15) is 11.1 Å². The molecule has 0 aliphatic rings. The highest BCUT2D eigenvalue weighted by molar-refractivity contribution is 7.94. The Morgan fingerprint density at radius 2 is 1.94 bits per heavy atom. The van der Waals surface area contributed by atoms with Crippen LogP contribution in [0.2, 0.25) is 0 Å². The van der Waals surface area contributed by atoms with Crippen LogP contribution in [-0.4, -0.2) is 8.42 Å². The highest BCUT2D eigenvalue weighted by Gasteiger charge is 2.16. The van der Waals surface area contributed by atoms with Gasteiger partial charge in [0.1, 0.15) is 4.21 Å². The first kappa shape index (κ1) is 12.9. The lowest BCUT2D eigenvalue weighted by Crippen LogP contribution is -2.12. The minimum atomic E-state index is -3.51. The number of hydrogen-bond acceptors (Lipinski definition) is 4. The van der Waals surface area contributed by atoms with E-state index in [1.165, 1.54) is 11.3 Å². The number of anilines is 2. The van der Waals surface area contributed by atoms with E-state index in [1.54, 1.807) is 23.6 Å². The third kappa shape index (κ3) is 2.49. The first-order valence-electron chi connectivity index (χ1n) is 5.33. The monoisotopic (exact) mass is 282 g/mol. The summed E-state index contributed by atoms with van der Waals surface area (Å²) in [7, 11) is -3.51. The van der Waals surface area contributed by atoms with Gasteiger partial charge in [-0.3, -0.25) is 4.72 Å². The number of nitrogens with one attached hydrogen (secondary N) is 1. The summed E-state index contributed by atoms with van der Waals surface area (Å²) in [5.41, 5.74) is 8.67. The highest BCUT2D eigenvalue weighted by Crippen LogP contribution is 2.26. The van der Waals surface area contributed by atoms with Gasteiger partial charge in [0.05, 0.1) is 5.69 Å². The van der Waals surface area contributed by atoms with Crippen molar-refractivity contribution in [1.29, 1.82) is 0 Å². The summed E-state index contributed by atoms with van der Waals surface area (Å²) in [5.74, 6) is 0. The Morgan fingerprint density at radius 1 is 1.22 bits per heavy atom. The predicted octanol–water partition coefficient (Wildman–Crippen LogP) is 2.75. The summed E-state index contributed by atoms with van der Waals surface area (Å²) in [4.78, 5) is 0. The van der Waals surface area contributed by atoms with E-state index in [1.807, 2.05) is 19.9 Å². The topological polar surface area (TPSA) is 72.2 Å². The zero-order chi connectivity index (χ0) is 13.3. The largest absolute Gasteiger partial charge is 0.398 e. The van der Waals surface area contributed by atoms with Crippen LogP contribution in [0.15, 0.2) is 33.9 Å². The van der Waals surface area contributed by atoms with Crippen molar-refractivity contribution in [2.75, 3.05) is 10.5 Å². The molecule has 0 spiro atoms. The molecule has 0 amide bonds. The molecule has 96 valence electrons. The lowest BCUT2D eigenvalue weighted by atomic mass is 10.1. The third-order valence-electron chi connectivity index (χ3n) is 2.62. The fourth-order valence-corrected chi connectivity index (χ4v) is 3.70. The molecule has 0 aliphatic heterocycles. The average Bonchev–Trinajstić information content (AvgIpc) is 2.79. The molecule has 2 rings (SSSR count). The molecule has 2 aromatic rings. The van der Waals surface area contributed by atoms with Crippen LogP contribution < -0.4 is 10.5 Å². The van der Waals surface area contributed by atoms with Crippen LogP contribution in [-0.2, 0) is 10.0 Å². The second-order valence-corrected chi connectivity index (χ2v) is 6.92. The normalized spacial score (nSPS) is 11.4. The van der Waals surface area contributed by atoms with Crippen molar-refractivity contribution >= 4 is 32.7 Å². The van der Waals surface area contributed by atoms with Crippen molar-refractivity contribution in [1.82, 2.24) is 0 Å². The Morgan fingerprint density at radius 3 is 2.56 bits per heavy atom. The van der Waals surface area contributed by atoms with Crippen LogP contribution in [0.3, 0.4) is 0 Å². The van der Waals surface area contributed by atoms with Gasteiger partial charge in [-0.15, -0.1) is 11.3 Å². The van der Waals surface area contributed by atoms with Gasteiger partial charge in [-0.05, 0) is 42.5 Å². The Balaban J connectivity index is 2.39. The number of nitrogen functional groups attached to an aromatic ring is 1. The lowest BCUT2D eigenvalue weighted by Gasteiger charge is -2.11. The van der Waals surface area contributed by atoms with Crippen molar-refractivity contribution in [3.8, 4) is 0 Å². The zero-order valence-electron chi connectivity index (χ0n) is 10.1. The molecule has 1 aromatic heterocycles. The van der Waals surface area contributed by atoms with E-state index in [0.29, 0.717) is 15.6 Å². The summed E-state index contributed by atoms with van der Waals surface area (Å²) in [6, 6.07) is 6.78. The quantitative estimate of drug-likeness (QED) is 0.850. The minimum absolute atomic E-state index is 0.293. The van der Waals surface area contributed by atoms with Crippen LogP contribution >= 0.6 is 11.3 Å². The van der Waals surface area contributed by atoms with Crippen LogP contribution in [0.25, 0.3) is 0 Å². The molecule has 0 fully saturated rings. The molecular weight excluding hydrogens is 268 g/mol. The molecule has 18 heavy (non-hydrogen) atoms. The molecule has 3 N–H and O–H groups in total. The summed E-state index contributed by atoms with van der Waals surface area (Å²) < 4.78 is 27.0. The Bertz CT molecular complexity index is 662. The molecule has 4 nitrogen and oxygen atoms in total. The molecule has 0 saturated carbocycles. The molecule has 1 aromatic carbocycles. The first-order chi connectivity index (χ1) is 8.40. The number of aryl methyl sites for hydroxylation is 2. The van der Waals surface area contributed by atoms with Crippen molar-refractivity contribution in [3.63, 3.8) is 0 Å². The second kappa shape index (κ2) is 4.62. The number of rotatable bonds is 3. The molecule has 0 bridgehead atoms. The lowest BCUT2D eigenvalue weighted by molar-refractivity contribution is 0.603. The maximum Gasteiger partial charge on any atom is 0.271 e. The van der Waals surface area contributed by atoms with Gasteiger partial charge < -0.3 is 5.73 Å². The number of sulfonamides is 1. The smallest absolute Gasteiger partial charge is 0.271 e. The Kier molecular flexibility index (Phi) is 3.32. The summed E-state index contributed by atoms with van der Waals surface area (Å²) in [6.07, 6.45) is 0. The molecule has 0 atom stereocenters. The van der Waals surface area contributed by atoms with Gasteiger partial charge in [0, 0.05) is 5.69 Å². The second-order valence-electron chi connectivity index (χ2n) is 4.06. The first-order valence-corrected chi connectivity index (χ1v) is 7.69. The van der Waals surface area contributed by atoms with E-state index in [2.05, 4.69) is 4.72 Å². The van der Waals surface area contributed by atoms with E-state index in [-0.39, 0.29) is 0 Å². The van der Waals surface area contributed by atoms with Gasteiger partial charge in [-0.25, -0.2) is 8.42 Å². The van der Waals surface area contributed by atoms with Crippen molar-refractivity contribution < 1.29 is 8.42 Å². The molecule has 0 unspecified atom stereocenters. The van der Waals surface area contributed by atoms with Crippen molar-refractivity contribution in [2.45, 2.75) is 18.1 Å². The van der Waals surface area contributed by atoms with E-state index in [9.17, 15) is 8.42 Å². The van der Waals surface area contributed by atoms with Gasteiger partial charge in [-0.1, -0.05) is 12.1 Å². The van der Waals surface area contributed by atoms with Crippen LogP contribution in [0.4, 0.5) is 11.4 Å². The fourth-order valence-electron chi connectivity index (χ4n) is 1.59. The van der Waals surface area contributed by atoms with Gasteiger partial charge in [0.2, 0.25) is 0 Å². The Labute approximate surface area is 111 Å². The van der Waals surface area contributed by atoms with Gasteiger partial charge in [-0.2, -0.15) is 0 Å². The molecule has 0 radical (unpaired) electrons. The molecule has 6 heteroatoms. The van der Waals surface area contributed by atoms with E-state index < -0.39 is 10.0 Å². The predicted molar refractivity (Wildman–Crippen MR) is 75.5 cm³/mol. The fraction of sp³-hybridized carbons (Fsp3) is 0.167. The maximum absolute atomic E-state index is 12.1. The van der Waals surface area contributed by atoms with Crippen LogP contribution in [0.5, 0.6) is 0 Å². The van der Waals surface area contributed by atoms with Crippen molar-refractivity contribution in [2.24, 2.45) is 0 Å². The summed E-state index contributed by atoms with van der Waals surface area (Å²) >= 11 is 1.18. The minimum Gasteiger partial charge on any atom is -0.398 e. The number of nitrogens with two attached hydrogens (primary N) is 1. The SMILES string of the molecule is Cc1cc(C)c(NS(=O)(=O)c2cccs2)cc1N. The number of benzene rings is 1. The number of thiophene rings is 1. The van der Waals surface area contributed by atoms with E-state index in [4.69, 9.17) is 5.73 Å². The maximum atomic E-state index is 12.1. The third-order valence-corrected chi connectivity index (χ3v) is 5.38. The molecule has 1 heterocycles. The van der Waals surface area contributed by atoms with E-state index in [0.717, 1.165) is 11.1 Å². The van der Waals surface area contributed by atoms with Gasteiger partial charge >= 0.3 is 0 Å².